The maximum Gasteiger partial charge on any atom is 0.332 e. The van der Waals surface area contributed by atoms with E-state index in [2.05, 4.69) is 10.5 Å². The van der Waals surface area contributed by atoms with Crippen LogP contribution in [0.1, 0.15) is 5.56 Å². The topological polar surface area (TPSA) is 67.5 Å². The van der Waals surface area contributed by atoms with Gasteiger partial charge in [-0.25, -0.2) is 10.2 Å². The molecule has 3 N–H and O–H groups in total. The van der Waals surface area contributed by atoms with Crippen molar-refractivity contribution < 1.29 is 4.79 Å². The van der Waals surface area contributed by atoms with Crippen molar-refractivity contribution in [2.75, 3.05) is 0 Å². The average Bonchev–Trinajstić information content (AvgIpc) is 2.01. The summed E-state index contributed by atoms with van der Waals surface area (Å²) in [4.78, 5) is 10.3. The van der Waals surface area contributed by atoms with Crippen LogP contribution in [-0.2, 0) is 0 Å². The molecule has 0 fully saturated rings. The van der Waals surface area contributed by atoms with E-state index in [-0.39, 0.29) is 0 Å². The van der Waals surface area contributed by atoms with E-state index in [1.165, 1.54) is 6.21 Å². The van der Waals surface area contributed by atoms with E-state index < -0.39 is 6.03 Å². The quantitative estimate of drug-likeness (QED) is 0.594. The normalized spacial score (nSPS) is 10.4. The molecule has 0 heterocycles. The summed E-state index contributed by atoms with van der Waals surface area (Å²) in [5.74, 6) is 0. The molecular weight excluding hydrogens is 225 g/mol. The zero-order valence-electron chi connectivity index (χ0n) is 7.00. The van der Waals surface area contributed by atoms with Gasteiger partial charge in [-0.1, -0.05) is 23.2 Å². The van der Waals surface area contributed by atoms with Gasteiger partial charge in [-0.2, -0.15) is 5.10 Å². The molecule has 6 heteroatoms. The molecule has 1 aromatic carbocycles. The Kier molecular flexibility index (Phi) is 3.73. The first kappa shape index (κ1) is 10.8. The van der Waals surface area contributed by atoms with Crippen molar-refractivity contribution in [1.82, 2.24) is 5.43 Å². The Hall–Kier alpha value is -1.26. The minimum Gasteiger partial charge on any atom is -0.350 e. The lowest BCUT2D eigenvalue weighted by molar-refractivity contribution is 0.249. The van der Waals surface area contributed by atoms with Crippen LogP contribution in [0, 0.1) is 0 Å². The number of nitrogens with one attached hydrogen (secondary N) is 1. The zero-order valence-corrected chi connectivity index (χ0v) is 8.51. The van der Waals surface area contributed by atoms with Gasteiger partial charge in [0.2, 0.25) is 0 Å². The van der Waals surface area contributed by atoms with Gasteiger partial charge in [0.05, 0.1) is 6.21 Å². The standard InChI is InChI=1S/C8H7Cl2N3O/c9-6-1-5(2-7(10)3-6)4-12-13-8(11)14/h1-4H,(H3,11,13,14)/b12-4+. The third-order valence-electron chi connectivity index (χ3n) is 1.27. The molecule has 0 aliphatic carbocycles. The summed E-state index contributed by atoms with van der Waals surface area (Å²) < 4.78 is 0. The minimum absolute atomic E-state index is 0.498. The summed E-state index contributed by atoms with van der Waals surface area (Å²) in [5, 5.41) is 4.55. The number of hydrogen-bond acceptors (Lipinski definition) is 2. The lowest BCUT2D eigenvalue weighted by Gasteiger charge is -1.96. The molecule has 0 saturated carbocycles. The Morgan fingerprint density at radius 3 is 2.43 bits per heavy atom. The lowest BCUT2D eigenvalue weighted by atomic mass is 10.2. The highest BCUT2D eigenvalue weighted by molar-refractivity contribution is 6.35. The summed E-state index contributed by atoms with van der Waals surface area (Å²) in [7, 11) is 0. The molecule has 4 nitrogen and oxygen atoms in total. The molecule has 0 saturated heterocycles. The summed E-state index contributed by atoms with van der Waals surface area (Å²) in [6, 6.07) is 4.18. The largest absolute Gasteiger partial charge is 0.350 e. The van der Waals surface area contributed by atoms with Crippen LogP contribution in [0.2, 0.25) is 10.0 Å². The van der Waals surface area contributed by atoms with E-state index in [0.717, 1.165) is 0 Å². The smallest absolute Gasteiger partial charge is 0.332 e. The molecule has 0 radical (unpaired) electrons. The first-order chi connectivity index (χ1) is 6.58. The highest BCUT2D eigenvalue weighted by Gasteiger charge is 1.95. The van der Waals surface area contributed by atoms with E-state index in [0.29, 0.717) is 15.6 Å². The predicted octanol–water partition coefficient (Wildman–Crippen LogP) is 2.00. The number of nitrogens with zero attached hydrogens (tertiary/aromatic N) is 1. The number of halogens is 2. The fraction of sp³-hybridized carbons (Fsp3) is 0. The van der Waals surface area contributed by atoms with Crippen molar-refractivity contribution >= 4 is 35.4 Å². The van der Waals surface area contributed by atoms with Gasteiger partial charge in [-0.3, -0.25) is 0 Å². The fourth-order valence-corrected chi connectivity index (χ4v) is 1.36. The van der Waals surface area contributed by atoms with Gasteiger partial charge in [0.25, 0.3) is 0 Å². The van der Waals surface area contributed by atoms with Crippen LogP contribution in [-0.4, -0.2) is 12.2 Å². The number of hydrogen-bond donors (Lipinski definition) is 2. The summed E-state index contributed by atoms with van der Waals surface area (Å²) >= 11 is 11.5. The highest BCUT2D eigenvalue weighted by Crippen LogP contribution is 2.17. The first-order valence-corrected chi connectivity index (χ1v) is 4.38. The Labute approximate surface area is 90.7 Å². The van der Waals surface area contributed by atoms with Crippen LogP contribution in [0.3, 0.4) is 0 Å². The van der Waals surface area contributed by atoms with Gasteiger partial charge >= 0.3 is 6.03 Å². The molecule has 0 aromatic heterocycles. The van der Waals surface area contributed by atoms with E-state index in [4.69, 9.17) is 28.9 Å². The molecule has 0 spiro atoms. The number of urea groups is 1. The molecular formula is C8H7Cl2N3O. The van der Waals surface area contributed by atoms with Crippen LogP contribution >= 0.6 is 23.2 Å². The maximum atomic E-state index is 10.3. The van der Waals surface area contributed by atoms with E-state index in [1.54, 1.807) is 18.2 Å². The molecule has 0 aliphatic rings. The minimum atomic E-state index is -0.727. The molecule has 2 amide bonds. The summed E-state index contributed by atoms with van der Waals surface area (Å²) in [6.07, 6.45) is 1.39. The van der Waals surface area contributed by atoms with Crippen LogP contribution in [0.4, 0.5) is 4.79 Å². The SMILES string of the molecule is NC(=O)N/N=C/c1cc(Cl)cc(Cl)c1. The van der Waals surface area contributed by atoms with Crippen LogP contribution in [0.25, 0.3) is 0 Å². The second-order valence-electron chi connectivity index (χ2n) is 2.44. The van der Waals surface area contributed by atoms with E-state index in [9.17, 15) is 4.79 Å². The number of amides is 2. The summed E-state index contributed by atoms with van der Waals surface area (Å²) in [5.41, 5.74) is 7.53. The van der Waals surface area contributed by atoms with Crippen molar-refractivity contribution in [2.45, 2.75) is 0 Å². The number of benzene rings is 1. The van der Waals surface area contributed by atoms with Gasteiger partial charge in [0, 0.05) is 10.0 Å². The van der Waals surface area contributed by atoms with Gasteiger partial charge in [-0.05, 0) is 23.8 Å². The Balaban J connectivity index is 2.76. The fourth-order valence-electron chi connectivity index (χ4n) is 0.820. The highest BCUT2D eigenvalue weighted by atomic mass is 35.5. The number of rotatable bonds is 2. The third-order valence-corrected chi connectivity index (χ3v) is 1.71. The van der Waals surface area contributed by atoms with Crippen LogP contribution in [0.5, 0.6) is 0 Å². The van der Waals surface area contributed by atoms with Gasteiger partial charge in [0.15, 0.2) is 0 Å². The molecule has 0 atom stereocenters. The molecule has 0 aliphatic heterocycles. The number of hydrazone groups is 1. The summed E-state index contributed by atoms with van der Waals surface area (Å²) in [6.45, 7) is 0. The van der Waals surface area contributed by atoms with Crippen molar-refractivity contribution in [2.24, 2.45) is 10.8 Å². The molecule has 0 unspecified atom stereocenters. The number of nitrogens with two attached hydrogens (primary N) is 1. The average molecular weight is 232 g/mol. The number of carbonyl (C=O) groups excluding carboxylic acids is 1. The second-order valence-corrected chi connectivity index (χ2v) is 3.31. The molecule has 14 heavy (non-hydrogen) atoms. The third kappa shape index (κ3) is 3.64. The zero-order chi connectivity index (χ0) is 10.6. The maximum absolute atomic E-state index is 10.3. The number of carbonyl (C=O) groups is 1. The van der Waals surface area contributed by atoms with Gasteiger partial charge in [0.1, 0.15) is 0 Å². The van der Waals surface area contributed by atoms with Crippen molar-refractivity contribution in [3.8, 4) is 0 Å². The van der Waals surface area contributed by atoms with Crippen molar-refractivity contribution in [1.29, 1.82) is 0 Å². The van der Waals surface area contributed by atoms with Crippen LogP contribution in [0.15, 0.2) is 23.3 Å². The Morgan fingerprint density at radius 2 is 1.93 bits per heavy atom. The molecule has 74 valence electrons. The monoisotopic (exact) mass is 231 g/mol. The Morgan fingerprint density at radius 1 is 1.36 bits per heavy atom. The lowest BCUT2D eigenvalue weighted by Crippen LogP contribution is -2.24. The van der Waals surface area contributed by atoms with Crippen LogP contribution < -0.4 is 11.2 Å². The van der Waals surface area contributed by atoms with Crippen molar-refractivity contribution in [3.63, 3.8) is 0 Å². The van der Waals surface area contributed by atoms with Crippen molar-refractivity contribution in [3.05, 3.63) is 33.8 Å². The molecule has 1 aromatic rings. The van der Waals surface area contributed by atoms with Gasteiger partial charge in [-0.15, -0.1) is 0 Å². The molecule has 0 bridgehead atoms. The second kappa shape index (κ2) is 4.83. The number of primary amides is 1. The predicted molar refractivity (Wildman–Crippen MR) is 56.8 cm³/mol. The van der Waals surface area contributed by atoms with E-state index >= 15 is 0 Å². The van der Waals surface area contributed by atoms with E-state index in [1.807, 2.05) is 0 Å². The first-order valence-electron chi connectivity index (χ1n) is 3.62. The molecule has 1 rings (SSSR count). The Bertz CT molecular complexity index is 359. The van der Waals surface area contributed by atoms with Gasteiger partial charge < -0.3 is 5.73 Å².